The zero-order valence-electron chi connectivity index (χ0n) is 21.1. The number of benzene rings is 1. The van der Waals surface area contributed by atoms with E-state index in [9.17, 15) is 14.4 Å². The van der Waals surface area contributed by atoms with Crippen LogP contribution in [0, 0.1) is 0 Å². The van der Waals surface area contributed by atoms with Gasteiger partial charge < -0.3 is 31.7 Å². The number of carbonyl (C=O) groups is 3. The smallest absolute Gasteiger partial charge is 0.305 e. The summed E-state index contributed by atoms with van der Waals surface area (Å²) in [6.07, 6.45) is 3.47. The molecule has 2 amide bonds. The van der Waals surface area contributed by atoms with Gasteiger partial charge in [-0.25, -0.2) is 9.97 Å². The number of guanidine groups is 1. The van der Waals surface area contributed by atoms with Crippen molar-refractivity contribution >= 4 is 47.0 Å². The Bertz CT molecular complexity index is 1240. The molecule has 0 bridgehead atoms. The van der Waals surface area contributed by atoms with Gasteiger partial charge in [0, 0.05) is 32.5 Å². The third-order valence-electron chi connectivity index (χ3n) is 6.87. The monoisotopic (exact) mass is 542 g/mol. The first-order valence-electron chi connectivity index (χ1n) is 12.3. The van der Waals surface area contributed by atoms with E-state index in [0.717, 1.165) is 11.1 Å². The summed E-state index contributed by atoms with van der Waals surface area (Å²) < 4.78 is 4.67. The Morgan fingerprint density at radius 1 is 1.05 bits per heavy atom. The predicted molar refractivity (Wildman–Crippen MR) is 142 cm³/mol. The second kappa shape index (κ2) is 11.6. The molecule has 1 aromatic heterocycles. The summed E-state index contributed by atoms with van der Waals surface area (Å²) in [4.78, 5) is 50.3. The number of hydrogen-bond donors (Lipinski definition) is 4. The summed E-state index contributed by atoms with van der Waals surface area (Å²) in [6.45, 7) is 1.79. The number of nitrogens with two attached hydrogens (primary N) is 2. The largest absolute Gasteiger partial charge is 0.469 e. The van der Waals surface area contributed by atoms with Crippen molar-refractivity contribution in [3.63, 3.8) is 0 Å². The number of rotatable bonds is 7. The molecule has 2 aliphatic heterocycles. The second-order valence-corrected chi connectivity index (χ2v) is 9.79. The topological polar surface area (TPSA) is 178 Å². The number of amides is 2. The summed E-state index contributed by atoms with van der Waals surface area (Å²) in [5, 5.41) is 6.31. The summed E-state index contributed by atoms with van der Waals surface area (Å²) >= 11 is 5.86. The number of ether oxygens (including phenoxy) is 1. The number of nitrogens with zero attached hydrogens (tertiary/aromatic N) is 4. The lowest BCUT2D eigenvalue weighted by Gasteiger charge is -2.38. The Balaban J connectivity index is 1.25. The average molecular weight is 543 g/mol. The molecule has 4 rings (SSSR count). The molecule has 6 N–H and O–H groups in total. The maximum absolute atomic E-state index is 12.8. The van der Waals surface area contributed by atoms with Crippen molar-refractivity contribution in [2.24, 2.45) is 4.99 Å². The molecule has 0 aliphatic carbocycles. The van der Waals surface area contributed by atoms with Crippen LogP contribution in [0.25, 0.3) is 0 Å². The number of halogens is 1. The van der Waals surface area contributed by atoms with Gasteiger partial charge in [0.2, 0.25) is 5.91 Å². The van der Waals surface area contributed by atoms with Gasteiger partial charge in [-0.3, -0.25) is 14.4 Å². The van der Waals surface area contributed by atoms with E-state index in [1.165, 1.54) is 7.11 Å². The third-order valence-corrected chi connectivity index (χ3v) is 7.15. The number of likely N-dealkylation sites (tertiary alicyclic amines) is 1. The van der Waals surface area contributed by atoms with Crippen LogP contribution in [0.15, 0.2) is 29.3 Å². The Labute approximate surface area is 225 Å². The molecule has 1 aromatic carbocycles. The van der Waals surface area contributed by atoms with E-state index in [-0.39, 0.29) is 39.9 Å². The highest BCUT2D eigenvalue weighted by Crippen LogP contribution is 2.25. The lowest BCUT2D eigenvalue weighted by Crippen LogP contribution is -2.53. The minimum Gasteiger partial charge on any atom is -0.469 e. The van der Waals surface area contributed by atoms with Gasteiger partial charge in [0.1, 0.15) is 0 Å². The quantitative estimate of drug-likeness (QED) is 0.370. The first kappa shape index (κ1) is 27.1. The lowest BCUT2D eigenvalue weighted by molar-refractivity contribution is -0.140. The number of hydrogen-bond acceptors (Lipinski definition) is 8. The Kier molecular flexibility index (Phi) is 8.30. The van der Waals surface area contributed by atoms with E-state index < -0.39 is 5.91 Å². The van der Waals surface area contributed by atoms with Crippen LogP contribution in [0.1, 0.15) is 47.3 Å². The zero-order chi connectivity index (χ0) is 27.3. The zero-order valence-corrected chi connectivity index (χ0v) is 21.9. The molecular weight excluding hydrogens is 512 g/mol. The van der Waals surface area contributed by atoms with Crippen molar-refractivity contribution in [1.29, 1.82) is 0 Å². The molecule has 2 aliphatic rings. The van der Waals surface area contributed by atoms with E-state index >= 15 is 0 Å². The number of nitrogens with one attached hydrogen (secondary N) is 2. The van der Waals surface area contributed by atoms with Crippen LogP contribution in [-0.4, -0.2) is 70.9 Å². The number of methoxy groups -OCH3 is 1. The van der Waals surface area contributed by atoms with Crippen molar-refractivity contribution in [3.05, 3.63) is 46.2 Å². The van der Waals surface area contributed by atoms with Crippen molar-refractivity contribution < 1.29 is 19.1 Å². The van der Waals surface area contributed by atoms with Crippen LogP contribution in [0.4, 0.5) is 11.6 Å². The number of aliphatic imine (C=N–C) groups is 1. The highest BCUT2D eigenvalue weighted by Gasteiger charge is 2.40. The Hall–Kier alpha value is -3.93. The number of carbonyl (C=O) groups excluding carboxylic acids is 3. The minimum absolute atomic E-state index is 0.0592. The summed E-state index contributed by atoms with van der Waals surface area (Å²) in [6, 6.07) is 7.97. The first-order chi connectivity index (χ1) is 18.2. The fourth-order valence-electron chi connectivity index (χ4n) is 4.53. The van der Waals surface area contributed by atoms with E-state index in [2.05, 4.69) is 30.3 Å². The molecule has 1 spiro atoms. The van der Waals surface area contributed by atoms with Crippen molar-refractivity contribution in [1.82, 2.24) is 25.5 Å². The van der Waals surface area contributed by atoms with Crippen LogP contribution in [0.2, 0.25) is 5.15 Å². The SMILES string of the molecule is COC(=O)CCc1ccc(CCC(=O)N2CCC3(CC2)CN/C(=N\C(=O)c2nc(Cl)c(N)nc2N)N3)cc1. The van der Waals surface area contributed by atoms with Gasteiger partial charge in [-0.2, -0.15) is 4.99 Å². The number of esters is 1. The molecule has 2 aromatic rings. The third kappa shape index (κ3) is 6.49. The van der Waals surface area contributed by atoms with E-state index in [1.807, 2.05) is 29.2 Å². The molecule has 12 nitrogen and oxygen atoms in total. The molecule has 38 heavy (non-hydrogen) atoms. The second-order valence-electron chi connectivity index (χ2n) is 9.43. The van der Waals surface area contributed by atoms with Gasteiger partial charge in [0.25, 0.3) is 0 Å². The van der Waals surface area contributed by atoms with Crippen LogP contribution < -0.4 is 22.1 Å². The van der Waals surface area contributed by atoms with Gasteiger partial charge in [0.15, 0.2) is 28.4 Å². The molecule has 2 saturated heterocycles. The van der Waals surface area contributed by atoms with Crippen molar-refractivity contribution in [2.75, 3.05) is 38.2 Å². The maximum atomic E-state index is 12.8. The van der Waals surface area contributed by atoms with Gasteiger partial charge in [0.05, 0.1) is 12.6 Å². The molecule has 3 heterocycles. The lowest BCUT2D eigenvalue weighted by atomic mass is 9.88. The number of anilines is 2. The fraction of sp³-hybridized carbons (Fsp3) is 0.440. The van der Waals surface area contributed by atoms with Gasteiger partial charge in [-0.15, -0.1) is 0 Å². The summed E-state index contributed by atoms with van der Waals surface area (Å²) in [5.41, 5.74) is 13.0. The molecule has 0 unspecified atom stereocenters. The fourth-order valence-corrected chi connectivity index (χ4v) is 4.66. The van der Waals surface area contributed by atoms with Crippen LogP contribution >= 0.6 is 11.6 Å². The van der Waals surface area contributed by atoms with Crippen molar-refractivity contribution in [3.8, 4) is 0 Å². The number of aromatic nitrogens is 2. The average Bonchev–Trinajstić information content (AvgIpc) is 3.30. The number of aryl methyl sites for hydroxylation is 2. The van der Waals surface area contributed by atoms with Crippen LogP contribution in [0.3, 0.4) is 0 Å². The van der Waals surface area contributed by atoms with Gasteiger partial charge >= 0.3 is 11.9 Å². The molecule has 202 valence electrons. The van der Waals surface area contributed by atoms with Gasteiger partial charge in [-0.05, 0) is 36.8 Å². The molecule has 13 heteroatoms. The van der Waals surface area contributed by atoms with E-state index in [0.29, 0.717) is 64.1 Å². The molecule has 0 radical (unpaired) electrons. The first-order valence-corrected chi connectivity index (χ1v) is 12.7. The molecule has 2 fully saturated rings. The number of nitrogen functional groups attached to an aromatic ring is 2. The normalized spacial score (nSPS) is 17.2. The Morgan fingerprint density at radius 3 is 2.32 bits per heavy atom. The molecule has 0 saturated carbocycles. The minimum atomic E-state index is -0.687. The van der Waals surface area contributed by atoms with Crippen LogP contribution in [0.5, 0.6) is 0 Å². The van der Waals surface area contributed by atoms with Crippen molar-refractivity contribution in [2.45, 2.75) is 44.1 Å². The Morgan fingerprint density at radius 2 is 1.68 bits per heavy atom. The van der Waals surface area contributed by atoms with Gasteiger partial charge in [-0.1, -0.05) is 35.9 Å². The maximum Gasteiger partial charge on any atom is 0.305 e. The molecular formula is C25H31ClN8O4. The van der Waals surface area contributed by atoms with E-state index in [4.69, 9.17) is 23.1 Å². The highest BCUT2D eigenvalue weighted by molar-refractivity contribution is 6.31. The highest BCUT2D eigenvalue weighted by atomic mass is 35.5. The van der Waals surface area contributed by atoms with E-state index in [1.54, 1.807) is 0 Å². The standard InChI is InChI=1S/C25H31ClN8O4/c1-38-18(36)9-7-16-4-2-15(3-5-16)6-8-17(35)34-12-10-25(11-13-34)14-29-24(33-25)32-23(37)19-21(27)31-22(28)20(26)30-19/h2-5H,6-14H2,1H3,(H4,27,28,31)(H2,29,32,33,37). The van der Waals surface area contributed by atoms with Crippen LogP contribution in [-0.2, 0) is 27.2 Å². The predicted octanol–water partition coefficient (Wildman–Crippen LogP) is 1.08. The molecule has 0 atom stereocenters. The summed E-state index contributed by atoms with van der Waals surface area (Å²) in [7, 11) is 1.38. The number of piperidine rings is 1. The summed E-state index contributed by atoms with van der Waals surface area (Å²) in [5.74, 6) is -0.690.